The smallest absolute Gasteiger partial charge is 0.224 e. The first-order chi connectivity index (χ1) is 14.7. The van der Waals surface area contributed by atoms with Gasteiger partial charge in [-0.3, -0.25) is 9.48 Å². The lowest BCUT2D eigenvalue weighted by Crippen LogP contribution is -2.51. The highest BCUT2D eigenvalue weighted by Gasteiger charge is 2.62. The number of alkyl halides is 1. The van der Waals surface area contributed by atoms with Crippen LogP contribution in [0.4, 0.5) is 10.1 Å². The summed E-state index contributed by atoms with van der Waals surface area (Å²) in [5.41, 5.74) is -0.393. The molecule has 1 heterocycles. The predicted molar refractivity (Wildman–Crippen MR) is 115 cm³/mol. The molecule has 0 saturated heterocycles. The molecule has 168 valence electrons. The highest BCUT2D eigenvalue weighted by molar-refractivity contribution is 5.82. The molecule has 0 amide bonds. The Morgan fingerprint density at radius 3 is 2.77 bits per heavy atom. The second kappa shape index (κ2) is 7.40. The van der Waals surface area contributed by atoms with Crippen LogP contribution in [-0.2, 0) is 11.3 Å². The molecule has 0 radical (unpaired) electrons. The molecule has 0 bridgehead atoms. The number of aromatic nitrogens is 2. The maximum absolute atomic E-state index is 15.4. The van der Waals surface area contributed by atoms with Crippen LogP contribution in [0.25, 0.3) is 4.85 Å². The Morgan fingerprint density at radius 2 is 2.03 bits per heavy atom. The Labute approximate surface area is 184 Å². The van der Waals surface area contributed by atoms with Gasteiger partial charge < -0.3 is 5.11 Å². The molecule has 31 heavy (non-hydrogen) atoms. The summed E-state index contributed by atoms with van der Waals surface area (Å²) in [5.74, 6) is 2.04. The molecule has 1 aromatic rings. The van der Waals surface area contributed by atoms with Crippen molar-refractivity contribution >= 4 is 11.5 Å². The number of nitrogens with zero attached hydrogens (tertiary/aromatic N) is 3. The minimum Gasteiger partial charge on any atom is -0.390 e. The van der Waals surface area contributed by atoms with Gasteiger partial charge in [0.15, 0.2) is 5.78 Å². The number of carbonyl (C=O) groups is 1. The van der Waals surface area contributed by atoms with E-state index in [0.29, 0.717) is 35.8 Å². The summed E-state index contributed by atoms with van der Waals surface area (Å²) in [6, 6.07) is 0. The highest BCUT2D eigenvalue weighted by atomic mass is 19.1. The molecule has 0 spiro atoms. The van der Waals surface area contributed by atoms with E-state index in [-0.39, 0.29) is 23.7 Å². The summed E-state index contributed by atoms with van der Waals surface area (Å²) >= 11 is 0. The number of rotatable bonds is 3. The van der Waals surface area contributed by atoms with Crippen LogP contribution < -0.4 is 0 Å². The van der Waals surface area contributed by atoms with Gasteiger partial charge in [-0.15, -0.1) is 0 Å². The van der Waals surface area contributed by atoms with Gasteiger partial charge >= 0.3 is 0 Å². The van der Waals surface area contributed by atoms with Crippen molar-refractivity contribution in [2.45, 2.75) is 83.5 Å². The largest absolute Gasteiger partial charge is 0.390 e. The Morgan fingerprint density at radius 1 is 1.26 bits per heavy atom. The summed E-state index contributed by atoms with van der Waals surface area (Å²) in [5, 5.41) is 14.7. The lowest BCUT2D eigenvalue weighted by Gasteiger charge is -2.56. The third kappa shape index (κ3) is 3.44. The lowest BCUT2D eigenvalue weighted by molar-refractivity contribution is -0.134. The second-order valence-electron chi connectivity index (χ2n) is 11.4. The monoisotopic (exact) mass is 427 g/mol. The third-order valence-electron chi connectivity index (χ3n) is 9.64. The second-order valence-corrected chi connectivity index (χ2v) is 11.4. The Bertz CT molecular complexity index is 905. The Balaban J connectivity index is 1.34. The maximum atomic E-state index is 15.4. The highest BCUT2D eigenvalue weighted by Crippen LogP contribution is 2.65. The predicted octanol–water partition coefficient (Wildman–Crippen LogP) is 4.97. The molecule has 0 aliphatic heterocycles. The van der Waals surface area contributed by atoms with Crippen molar-refractivity contribution in [2.75, 3.05) is 0 Å². The average molecular weight is 428 g/mol. The summed E-state index contributed by atoms with van der Waals surface area (Å²) in [6.07, 6.45) is 9.59. The molecule has 4 fully saturated rings. The van der Waals surface area contributed by atoms with E-state index < -0.39 is 17.7 Å². The minimum atomic E-state index is -1.08. The molecule has 4 unspecified atom stereocenters. The minimum absolute atomic E-state index is 0.0524. The summed E-state index contributed by atoms with van der Waals surface area (Å²) in [7, 11) is 0. The molecule has 4 saturated carbocycles. The van der Waals surface area contributed by atoms with Gasteiger partial charge in [-0.25, -0.2) is 9.24 Å². The third-order valence-corrected chi connectivity index (χ3v) is 9.64. The van der Waals surface area contributed by atoms with Gasteiger partial charge in [0.05, 0.1) is 30.8 Å². The number of hydrogen-bond acceptors (Lipinski definition) is 3. The number of carbonyl (C=O) groups excluding carboxylic acids is 1. The van der Waals surface area contributed by atoms with E-state index in [1.54, 1.807) is 6.20 Å². The van der Waals surface area contributed by atoms with Gasteiger partial charge in [0.1, 0.15) is 6.17 Å². The van der Waals surface area contributed by atoms with E-state index in [0.717, 1.165) is 44.9 Å². The van der Waals surface area contributed by atoms with Crippen LogP contribution in [-0.4, -0.2) is 32.4 Å². The van der Waals surface area contributed by atoms with Crippen LogP contribution in [0.15, 0.2) is 12.4 Å². The van der Waals surface area contributed by atoms with Gasteiger partial charge in [0.25, 0.3) is 0 Å². The van der Waals surface area contributed by atoms with E-state index in [2.05, 4.69) is 16.9 Å². The molecule has 5 rings (SSSR count). The van der Waals surface area contributed by atoms with Crippen LogP contribution >= 0.6 is 0 Å². The SMILES string of the molecule is [C-]#[N+]c1cnn(CC(=O)C2[C@H](F)CC3C4CC[C@@H]5C[C@](C)(O)CC[C@@H]5C4CC[C@@]32C)c1. The number of halogens is 1. The average Bonchev–Trinajstić information content (AvgIpc) is 3.27. The zero-order chi connectivity index (χ0) is 22.0. The molecule has 4 aliphatic carbocycles. The normalized spacial score (nSPS) is 46.5. The number of ketones is 1. The van der Waals surface area contributed by atoms with Crippen LogP contribution in [0, 0.1) is 47.5 Å². The van der Waals surface area contributed by atoms with Gasteiger partial charge in [-0.1, -0.05) is 6.92 Å². The van der Waals surface area contributed by atoms with E-state index in [4.69, 9.17) is 6.57 Å². The molecular weight excluding hydrogens is 393 g/mol. The van der Waals surface area contributed by atoms with E-state index in [9.17, 15) is 9.90 Å². The lowest BCUT2D eigenvalue weighted by atomic mass is 9.49. The summed E-state index contributed by atoms with van der Waals surface area (Å²) in [6.45, 7) is 11.3. The molecule has 0 aromatic carbocycles. The Kier molecular flexibility index (Phi) is 5.04. The summed E-state index contributed by atoms with van der Waals surface area (Å²) < 4.78 is 16.9. The summed E-state index contributed by atoms with van der Waals surface area (Å²) in [4.78, 5) is 16.6. The van der Waals surface area contributed by atoms with Crippen molar-refractivity contribution in [3.8, 4) is 0 Å². The topological polar surface area (TPSA) is 59.5 Å². The van der Waals surface area contributed by atoms with Crippen LogP contribution in [0.5, 0.6) is 0 Å². The number of hydrogen-bond donors (Lipinski definition) is 1. The first-order valence-electron chi connectivity index (χ1n) is 12.0. The van der Waals surface area contributed by atoms with E-state index in [1.807, 2.05) is 6.92 Å². The fourth-order valence-electron chi connectivity index (χ4n) is 8.38. The standard InChI is InChI=1S/C25H34FN3O2/c1-24(31)8-6-17-15(11-24)4-5-19-18(17)7-9-25(2)20(19)10-21(26)23(25)22(30)14-29-13-16(27-3)12-28-29/h12-13,15,17-21,23,31H,4-11,14H2,1-2H3/t15-,17+,18?,19?,20?,21-,23?,24-,25+/m1/s1. The van der Waals surface area contributed by atoms with Crippen molar-refractivity contribution in [3.05, 3.63) is 23.8 Å². The fourth-order valence-corrected chi connectivity index (χ4v) is 8.38. The van der Waals surface area contributed by atoms with E-state index in [1.165, 1.54) is 10.9 Å². The molecule has 5 nitrogen and oxygen atoms in total. The molecule has 1 N–H and O–H groups in total. The van der Waals surface area contributed by atoms with Crippen LogP contribution in [0.3, 0.4) is 0 Å². The zero-order valence-corrected chi connectivity index (χ0v) is 18.6. The first kappa shape index (κ1) is 21.1. The van der Waals surface area contributed by atoms with Gasteiger partial charge in [0.2, 0.25) is 5.69 Å². The van der Waals surface area contributed by atoms with Crippen LogP contribution in [0.1, 0.15) is 65.2 Å². The van der Waals surface area contributed by atoms with E-state index >= 15 is 4.39 Å². The number of fused-ring (bicyclic) bond motifs is 5. The van der Waals surface area contributed by atoms with Crippen molar-refractivity contribution in [2.24, 2.45) is 40.9 Å². The molecular formula is C25H34FN3O2. The molecule has 4 aliphatic rings. The molecule has 1 aromatic heterocycles. The van der Waals surface area contributed by atoms with Gasteiger partial charge in [-0.2, -0.15) is 5.10 Å². The molecule has 6 heteroatoms. The number of Topliss-reactive ketones (excluding diaryl/α,β-unsaturated/α-hetero) is 1. The number of aliphatic hydroxyl groups is 1. The maximum Gasteiger partial charge on any atom is 0.224 e. The fraction of sp³-hybridized carbons (Fsp3) is 0.800. The first-order valence-corrected chi connectivity index (χ1v) is 12.0. The zero-order valence-electron chi connectivity index (χ0n) is 18.6. The van der Waals surface area contributed by atoms with Crippen molar-refractivity contribution < 1.29 is 14.3 Å². The van der Waals surface area contributed by atoms with Gasteiger partial charge in [0, 0.05) is 6.20 Å². The van der Waals surface area contributed by atoms with Crippen molar-refractivity contribution in [3.63, 3.8) is 0 Å². The quantitative estimate of drug-likeness (QED) is 0.693. The van der Waals surface area contributed by atoms with Crippen molar-refractivity contribution in [1.82, 2.24) is 9.78 Å². The van der Waals surface area contributed by atoms with Crippen LogP contribution in [0.2, 0.25) is 0 Å². The van der Waals surface area contributed by atoms with Crippen molar-refractivity contribution in [1.29, 1.82) is 0 Å². The molecule has 9 atom stereocenters. The Hall–Kier alpha value is -1.74. The van der Waals surface area contributed by atoms with Gasteiger partial charge in [-0.05, 0) is 93.3 Å².